The highest BCUT2D eigenvalue weighted by molar-refractivity contribution is 5.38. The van der Waals surface area contributed by atoms with Crippen LogP contribution in [-0.2, 0) is 0 Å². The minimum atomic E-state index is -0.537. The second-order valence-corrected chi connectivity index (χ2v) is 6.79. The highest BCUT2D eigenvalue weighted by Gasteiger charge is 2.44. The Morgan fingerprint density at radius 1 is 1.35 bits per heavy atom. The van der Waals surface area contributed by atoms with E-state index < -0.39 is 6.10 Å². The van der Waals surface area contributed by atoms with Gasteiger partial charge in [-0.3, -0.25) is 0 Å². The Kier molecular flexibility index (Phi) is 3.49. The van der Waals surface area contributed by atoms with E-state index in [2.05, 4.69) is 13.8 Å². The van der Waals surface area contributed by atoms with Crippen molar-refractivity contribution in [3.8, 4) is 5.75 Å². The molecule has 20 heavy (non-hydrogen) atoms. The van der Waals surface area contributed by atoms with Gasteiger partial charge in [0.1, 0.15) is 17.2 Å². The van der Waals surface area contributed by atoms with E-state index >= 15 is 0 Å². The van der Waals surface area contributed by atoms with E-state index in [1.807, 2.05) is 0 Å². The SMILES string of the molecule is CC(C)C1CCCC2(CC(O)c3ccc(F)cc3O2)C1. The van der Waals surface area contributed by atoms with Crippen molar-refractivity contribution in [3.63, 3.8) is 0 Å². The molecule has 1 saturated carbocycles. The van der Waals surface area contributed by atoms with Crippen LogP contribution >= 0.6 is 0 Å². The molecule has 0 saturated heterocycles. The molecular formula is C17H23FO2. The molecule has 1 aromatic rings. The van der Waals surface area contributed by atoms with Gasteiger partial charge in [-0.1, -0.05) is 13.8 Å². The Morgan fingerprint density at radius 3 is 2.90 bits per heavy atom. The van der Waals surface area contributed by atoms with Crippen LogP contribution in [0, 0.1) is 17.7 Å². The lowest BCUT2D eigenvalue weighted by Crippen LogP contribution is -2.45. The molecule has 3 unspecified atom stereocenters. The molecule has 1 heterocycles. The second kappa shape index (κ2) is 5.03. The molecule has 0 bridgehead atoms. The van der Waals surface area contributed by atoms with E-state index in [4.69, 9.17) is 4.74 Å². The van der Waals surface area contributed by atoms with E-state index in [1.165, 1.54) is 18.6 Å². The molecule has 1 aromatic carbocycles. The average Bonchev–Trinajstić information content (AvgIpc) is 2.37. The van der Waals surface area contributed by atoms with Crippen molar-refractivity contribution in [1.29, 1.82) is 0 Å². The lowest BCUT2D eigenvalue weighted by atomic mass is 9.70. The van der Waals surface area contributed by atoms with Gasteiger partial charge in [-0.15, -0.1) is 0 Å². The number of rotatable bonds is 1. The monoisotopic (exact) mass is 278 g/mol. The fourth-order valence-corrected chi connectivity index (χ4v) is 3.82. The van der Waals surface area contributed by atoms with Gasteiger partial charge in [-0.05, 0) is 49.7 Å². The Balaban J connectivity index is 1.89. The molecule has 1 aliphatic carbocycles. The lowest BCUT2D eigenvalue weighted by molar-refractivity contribution is -0.0574. The van der Waals surface area contributed by atoms with Crippen LogP contribution in [-0.4, -0.2) is 10.7 Å². The fraction of sp³-hybridized carbons (Fsp3) is 0.647. The first-order chi connectivity index (χ1) is 9.49. The number of fused-ring (bicyclic) bond motifs is 1. The standard InChI is InChI=1S/C17H23FO2/c1-11(2)12-4-3-7-17(9-12)10-15(19)14-6-5-13(18)8-16(14)20-17/h5-6,8,11-12,15,19H,3-4,7,9-10H2,1-2H3. The van der Waals surface area contributed by atoms with Crippen molar-refractivity contribution >= 4 is 0 Å². The summed E-state index contributed by atoms with van der Waals surface area (Å²) in [5.41, 5.74) is 0.427. The van der Waals surface area contributed by atoms with Crippen LogP contribution in [0.15, 0.2) is 18.2 Å². The maximum Gasteiger partial charge on any atom is 0.128 e. The Hall–Kier alpha value is -1.09. The molecule has 3 atom stereocenters. The van der Waals surface area contributed by atoms with Gasteiger partial charge in [0, 0.05) is 18.1 Å². The summed E-state index contributed by atoms with van der Waals surface area (Å²) in [5, 5.41) is 10.4. The molecule has 0 amide bonds. The first kappa shape index (κ1) is 13.9. The molecule has 1 fully saturated rings. The molecule has 110 valence electrons. The number of benzene rings is 1. The predicted octanol–water partition coefficient (Wildman–Crippen LogP) is 4.23. The minimum absolute atomic E-state index is 0.298. The Bertz CT molecular complexity index is 500. The van der Waals surface area contributed by atoms with Crippen molar-refractivity contribution in [2.45, 2.75) is 57.7 Å². The summed E-state index contributed by atoms with van der Waals surface area (Å²) in [6.07, 6.45) is 4.38. The van der Waals surface area contributed by atoms with Gasteiger partial charge >= 0.3 is 0 Å². The third-order valence-electron chi connectivity index (χ3n) is 5.01. The summed E-state index contributed by atoms with van der Waals surface area (Å²) in [7, 11) is 0. The van der Waals surface area contributed by atoms with Crippen LogP contribution in [0.2, 0.25) is 0 Å². The molecule has 0 aromatic heterocycles. The van der Waals surface area contributed by atoms with Crippen LogP contribution in [0.5, 0.6) is 5.75 Å². The largest absolute Gasteiger partial charge is 0.487 e. The second-order valence-electron chi connectivity index (χ2n) is 6.79. The zero-order valence-corrected chi connectivity index (χ0v) is 12.2. The maximum absolute atomic E-state index is 13.4. The number of hydrogen-bond donors (Lipinski definition) is 1. The molecule has 3 rings (SSSR count). The normalized spacial score (nSPS) is 33.0. The van der Waals surface area contributed by atoms with Crippen LogP contribution < -0.4 is 4.74 Å². The Labute approximate surface area is 120 Å². The predicted molar refractivity (Wildman–Crippen MR) is 76.1 cm³/mol. The zero-order valence-electron chi connectivity index (χ0n) is 12.2. The molecule has 2 aliphatic rings. The smallest absolute Gasteiger partial charge is 0.128 e. The molecule has 2 nitrogen and oxygen atoms in total. The average molecular weight is 278 g/mol. The minimum Gasteiger partial charge on any atom is -0.487 e. The van der Waals surface area contributed by atoms with Crippen LogP contribution in [0.3, 0.4) is 0 Å². The molecular weight excluding hydrogens is 255 g/mol. The molecule has 1 spiro atoms. The van der Waals surface area contributed by atoms with E-state index in [1.54, 1.807) is 6.07 Å². The van der Waals surface area contributed by atoms with Crippen molar-refractivity contribution < 1.29 is 14.2 Å². The van der Waals surface area contributed by atoms with Crippen molar-refractivity contribution in [2.75, 3.05) is 0 Å². The van der Waals surface area contributed by atoms with E-state index in [0.29, 0.717) is 24.0 Å². The van der Waals surface area contributed by atoms with Crippen molar-refractivity contribution in [1.82, 2.24) is 0 Å². The first-order valence-electron chi connectivity index (χ1n) is 7.66. The topological polar surface area (TPSA) is 29.5 Å². The number of hydrogen-bond acceptors (Lipinski definition) is 2. The van der Waals surface area contributed by atoms with Crippen LogP contribution in [0.4, 0.5) is 4.39 Å². The fourth-order valence-electron chi connectivity index (χ4n) is 3.82. The number of aliphatic hydroxyl groups is 1. The highest BCUT2D eigenvalue weighted by Crippen LogP contribution is 2.48. The number of ether oxygens (including phenoxy) is 1. The van der Waals surface area contributed by atoms with E-state index in [9.17, 15) is 9.50 Å². The molecule has 3 heteroatoms. The van der Waals surface area contributed by atoms with Crippen molar-refractivity contribution in [2.24, 2.45) is 11.8 Å². The van der Waals surface area contributed by atoms with Gasteiger partial charge < -0.3 is 9.84 Å². The van der Waals surface area contributed by atoms with E-state index in [0.717, 1.165) is 24.8 Å². The summed E-state index contributed by atoms with van der Waals surface area (Å²) in [6, 6.07) is 4.45. The number of halogens is 1. The molecule has 1 aliphatic heterocycles. The molecule has 0 radical (unpaired) electrons. The number of aliphatic hydroxyl groups excluding tert-OH is 1. The van der Waals surface area contributed by atoms with Crippen molar-refractivity contribution in [3.05, 3.63) is 29.6 Å². The van der Waals surface area contributed by atoms with Gasteiger partial charge in [0.25, 0.3) is 0 Å². The summed E-state index contributed by atoms with van der Waals surface area (Å²) in [5.74, 6) is 1.49. The third-order valence-corrected chi connectivity index (χ3v) is 5.01. The highest BCUT2D eigenvalue weighted by atomic mass is 19.1. The lowest BCUT2D eigenvalue weighted by Gasteiger charge is -2.46. The van der Waals surface area contributed by atoms with Gasteiger partial charge in [-0.2, -0.15) is 0 Å². The van der Waals surface area contributed by atoms with Gasteiger partial charge in [-0.25, -0.2) is 4.39 Å². The first-order valence-corrected chi connectivity index (χ1v) is 7.66. The third kappa shape index (κ3) is 2.44. The van der Waals surface area contributed by atoms with Gasteiger partial charge in [0.2, 0.25) is 0 Å². The summed E-state index contributed by atoms with van der Waals surface area (Å²) >= 11 is 0. The van der Waals surface area contributed by atoms with E-state index in [-0.39, 0.29) is 11.4 Å². The summed E-state index contributed by atoms with van der Waals surface area (Å²) < 4.78 is 19.6. The maximum atomic E-state index is 13.4. The van der Waals surface area contributed by atoms with Gasteiger partial charge in [0.15, 0.2) is 0 Å². The zero-order chi connectivity index (χ0) is 14.3. The molecule has 1 N–H and O–H groups in total. The van der Waals surface area contributed by atoms with Gasteiger partial charge in [0.05, 0.1) is 6.10 Å². The summed E-state index contributed by atoms with van der Waals surface area (Å²) in [6.45, 7) is 4.49. The van der Waals surface area contributed by atoms with Crippen LogP contribution in [0.25, 0.3) is 0 Å². The quantitative estimate of drug-likeness (QED) is 0.833. The van der Waals surface area contributed by atoms with Crippen LogP contribution in [0.1, 0.15) is 57.6 Å². The Morgan fingerprint density at radius 2 is 2.15 bits per heavy atom. The summed E-state index contributed by atoms with van der Waals surface area (Å²) in [4.78, 5) is 0.